The van der Waals surface area contributed by atoms with Gasteiger partial charge >= 0.3 is 0 Å². The number of hydrogen-bond acceptors (Lipinski definition) is 5. The highest BCUT2D eigenvalue weighted by molar-refractivity contribution is 7.12. The van der Waals surface area contributed by atoms with Gasteiger partial charge < -0.3 is 10.1 Å². The molecule has 0 saturated carbocycles. The maximum Gasteiger partial charge on any atom is 0.293 e. The van der Waals surface area contributed by atoms with Crippen molar-refractivity contribution in [1.82, 2.24) is 0 Å². The van der Waals surface area contributed by atoms with E-state index in [0.29, 0.717) is 11.5 Å². The first-order chi connectivity index (χ1) is 12.9. The average molecular weight is 382 g/mol. The second kappa shape index (κ2) is 8.01. The lowest BCUT2D eigenvalue weighted by Gasteiger charge is -2.06. The minimum Gasteiger partial charge on any atom is -0.489 e. The largest absolute Gasteiger partial charge is 0.489 e. The van der Waals surface area contributed by atoms with Crippen LogP contribution >= 0.6 is 11.3 Å². The number of ether oxygens (including phenoxy) is 1. The molecule has 0 fully saturated rings. The normalized spacial score (nSPS) is 10.4. The molecule has 0 atom stereocenters. The van der Waals surface area contributed by atoms with Gasteiger partial charge in [-0.15, -0.1) is 11.3 Å². The molecule has 0 unspecified atom stereocenters. The van der Waals surface area contributed by atoms with Crippen LogP contribution in [0.5, 0.6) is 5.75 Å². The van der Waals surface area contributed by atoms with E-state index in [0.717, 1.165) is 22.4 Å². The molecule has 3 rings (SSSR count). The molecule has 27 heavy (non-hydrogen) atoms. The minimum absolute atomic E-state index is 0.122. The molecule has 1 N–H and O–H groups in total. The van der Waals surface area contributed by atoms with Crippen molar-refractivity contribution in [2.24, 2.45) is 0 Å². The van der Waals surface area contributed by atoms with Crippen molar-refractivity contribution in [3.8, 4) is 5.75 Å². The minimum atomic E-state index is -0.502. The molecule has 6 nitrogen and oxygen atoms in total. The Morgan fingerprint density at radius 1 is 1.11 bits per heavy atom. The zero-order valence-electron chi connectivity index (χ0n) is 14.9. The first-order valence-corrected chi connectivity index (χ1v) is 9.13. The Kier molecular flexibility index (Phi) is 5.52. The highest BCUT2D eigenvalue weighted by Gasteiger charge is 2.18. The van der Waals surface area contributed by atoms with Crippen molar-refractivity contribution in [3.05, 3.63) is 85.6 Å². The lowest BCUT2D eigenvalue weighted by atomic mass is 10.2. The van der Waals surface area contributed by atoms with Gasteiger partial charge in [-0.05, 0) is 49.1 Å². The van der Waals surface area contributed by atoms with Crippen molar-refractivity contribution in [1.29, 1.82) is 0 Å². The van der Waals surface area contributed by atoms with Crippen molar-refractivity contribution in [2.75, 3.05) is 5.32 Å². The van der Waals surface area contributed by atoms with Crippen LogP contribution in [-0.2, 0) is 6.61 Å². The zero-order chi connectivity index (χ0) is 19.4. The molecule has 2 aromatic carbocycles. The fourth-order valence-electron chi connectivity index (χ4n) is 2.45. The summed E-state index contributed by atoms with van der Waals surface area (Å²) in [5.41, 5.74) is 2.84. The quantitative estimate of drug-likeness (QED) is 0.475. The number of nitro benzene ring substituents is 1. The predicted molar refractivity (Wildman–Crippen MR) is 106 cm³/mol. The summed E-state index contributed by atoms with van der Waals surface area (Å²) >= 11 is 1.27. The van der Waals surface area contributed by atoms with Gasteiger partial charge in [0.1, 0.15) is 18.0 Å². The van der Waals surface area contributed by atoms with Crippen LogP contribution in [0.25, 0.3) is 0 Å². The van der Waals surface area contributed by atoms with Gasteiger partial charge in [0.05, 0.1) is 9.80 Å². The van der Waals surface area contributed by atoms with E-state index in [-0.39, 0.29) is 17.3 Å². The molecule has 1 aromatic heterocycles. The maximum absolute atomic E-state index is 12.4. The summed E-state index contributed by atoms with van der Waals surface area (Å²) in [5.74, 6) is 0.377. The van der Waals surface area contributed by atoms with Crippen molar-refractivity contribution in [3.63, 3.8) is 0 Å². The summed E-state index contributed by atoms with van der Waals surface area (Å²) in [6.07, 6.45) is 0. The Labute approximate surface area is 160 Å². The highest BCUT2D eigenvalue weighted by Crippen LogP contribution is 2.27. The summed E-state index contributed by atoms with van der Waals surface area (Å²) in [4.78, 5) is 23.6. The zero-order valence-corrected chi connectivity index (χ0v) is 15.7. The Balaban J connectivity index is 1.66. The number of aryl methyl sites for hydroxylation is 2. The van der Waals surface area contributed by atoms with Crippen molar-refractivity contribution in [2.45, 2.75) is 20.5 Å². The first kappa shape index (κ1) is 18.6. The predicted octanol–water partition coefficient (Wildman–Crippen LogP) is 5.10. The number of hydrogen-bond donors (Lipinski definition) is 1. The number of rotatable bonds is 6. The van der Waals surface area contributed by atoms with Gasteiger partial charge in [-0.2, -0.15) is 0 Å². The second-order valence-corrected chi connectivity index (χ2v) is 7.06. The second-order valence-electron chi connectivity index (χ2n) is 6.15. The standard InChI is InChI=1S/C20H18N2O4S/c1-13-3-6-16(7-4-13)26-11-15-10-19(27-12-15)20(23)21-17-8-5-14(2)9-18(17)22(24)25/h3-10,12H,11H2,1-2H3,(H,21,23). The van der Waals surface area contributed by atoms with E-state index in [1.54, 1.807) is 25.1 Å². The number of carbonyl (C=O) groups is 1. The summed E-state index contributed by atoms with van der Waals surface area (Å²) in [7, 11) is 0. The van der Waals surface area contributed by atoms with Crippen molar-refractivity contribution >= 4 is 28.6 Å². The molecule has 0 aliphatic rings. The van der Waals surface area contributed by atoms with Gasteiger partial charge in [-0.1, -0.05) is 23.8 Å². The molecule has 0 radical (unpaired) electrons. The number of benzene rings is 2. The van der Waals surface area contributed by atoms with Gasteiger partial charge in [0, 0.05) is 11.6 Å². The molecule has 0 bridgehead atoms. The van der Waals surface area contributed by atoms with E-state index < -0.39 is 4.92 Å². The number of thiophene rings is 1. The third kappa shape index (κ3) is 4.71. The van der Waals surface area contributed by atoms with Gasteiger partial charge in [0.25, 0.3) is 11.6 Å². The Hall–Kier alpha value is -3.19. The summed E-state index contributed by atoms with van der Waals surface area (Å²) in [5, 5.41) is 15.6. The van der Waals surface area contributed by atoms with Gasteiger partial charge in [-0.3, -0.25) is 14.9 Å². The van der Waals surface area contributed by atoms with Gasteiger partial charge in [-0.25, -0.2) is 0 Å². The smallest absolute Gasteiger partial charge is 0.293 e. The van der Waals surface area contributed by atoms with Gasteiger partial charge in [0.2, 0.25) is 0 Å². The van der Waals surface area contributed by atoms with E-state index in [1.165, 1.54) is 17.4 Å². The fraction of sp³-hybridized carbons (Fsp3) is 0.150. The molecule has 1 amide bonds. The van der Waals surface area contributed by atoms with E-state index in [9.17, 15) is 14.9 Å². The number of nitrogens with zero attached hydrogens (tertiary/aromatic N) is 1. The van der Waals surface area contributed by atoms with Crippen LogP contribution in [0.4, 0.5) is 11.4 Å². The van der Waals surface area contributed by atoms with E-state index in [2.05, 4.69) is 5.32 Å². The topological polar surface area (TPSA) is 81.5 Å². The molecule has 0 aliphatic carbocycles. The average Bonchev–Trinajstić information content (AvgIpc) is 3.12. The number of amides is 1. The highest BCUT2D eigenvalue weighted by atomic mass is 32.1. The van der Waals surface area contributed by atoms with Crippen LogP contribution in [0.2, 0.25) is 0 Å². The molecule has 1 heterocycles. The summed E-state index contributed by atoms with van der Waals surface area (Å²) in [6.45, 7) is 4.11. The Morgan fingerprint density at radius 2 is 1.81 bits per heavy atom. The van der Waals surface area contributed by atoms with Crippen LogP contribution in [0.3, 0.4) is 0 Å². The SMILES string of the molecule is Cc1ccc(OCc2csc(C(=O)Nc3ccc(C)cc3[N+](=O)[O-])c2)cc1. The van der Waals surface area contributed by atoms with Crippen molar-refractivity contribution < 1.29 is 14.5 Å². The summed E-state index contributed by atoms with van der Waals surface area (Å²) < 4.78 is 5.71. The van der Waals surface area contributed by atoms with Crippen LogP contribution < -0.4 is 10.1 Å². The van der Waals surface area contributed by atoms with E-state index in [4.69, 9.17) is 4.74 Å². The number of nitrogens with one attached hydrogen (secondary N) is 1. The number of anilines is 1. The molecular weight excluding hydrogens is 364 g/mol. The van der Waals surface area contributed by atoms with Crippen LogP contribution in [-0.4, -0.2) is 10.8 Å². The maximum atomic E-state index is 12.4. The fourth-order valence-corrected chi connectivity index (χ4v) is 3.25. The lowest BCUT2D eigenvalue weighted by Crippen LogP contribution is -2.11. The Morgan fingerprint density at radius 3 is 2.52 bits per heavy atom. The Bertz CT molecular complexity index is 980. The van der Waals surface area contributed by atoms with E-state index >= 15 is 0 Å². The first-order valence-electron chi connectivity index (χ1n) is 8.25. The summed E-state index contributed by atoms with van der Waals surface area (Å²) in [6, 6.07) is 14.2. The van der Waals surface area contributed by atoms with Crippen LogP contribution in [0, 0.1) is 24.0 Å². The van der Waals surface area contributed by atoms with Crippen LogP contribution in [0.1, 0.15) is 26.4 Å². The number of nitro groups is 1. The molecular formula is C20H18N2O4S. The molecule has 138 valence electrons. The molecule has 0 saturated heterocycles. The van der Waals surface area contributed by atoms with E-state index in [1.807, 2.05) is 36.6 Å². The van der Waals surface area contributed by atoms with Crippen LogP contribution in [0.15, 0.2) is 53.9 Å². The third-order valence-electron chi connectivity index (χ3n) is 3.90. The lowest BCUT2D eigenvalue weighted by molar-refractivity contribution is -0.384. The molecule has 0 aliphatic heterocycles. The number of carbonyl (C=O) groups excluding carboxylic acids is 1. The monoisotopic (exact) mass is 382 g/mol. The van der Waals surface area contributed by atoms with Gasteiger partial charge in [0.15, 0.2) is 0 Å². The molecule has 3 aromatic rings. The third-order valence-corrected chi connectivity index (χ3v) is 4.88. The molecule has 7 heteroatoms. The molecule has 0 spiro atoms.